The van der Waals surface area contributed by atoms with Gasteiger partial charge in [-0.1, -0.05) is 12.1 Å². The first-order chi connectivity index (χ1) is 18.9. The maximum absolute atomic E-state index is 14.0. The molecule has 3 aromatic rings. The van der Waals surface area contributed by atoms with Gasteiger partial charge in [-0.2, -0.15) is 0 Å². The van der Waals surface area contributed by atoms with Crippen molar-refractivity contribution in [1.82, 2.24) is 20.1 Å². The van der Waals surface area contributed by atoms with Gasteiger partial charge in [0.2, 0.25) is 0 Å². The van der Waals surface area contributed by atoms with Crippen molar-refractivity contribution in [2.24, 2.45) is 0 Å². The van der Waals surface area contributed by atoms with Crippen molar-refractivity contribution >= 4 is 22.0 Å². The number of likely N-dealkylation sites (tertiary alicyclic amines) is 1. The predicted octanol–water partition coefficient (Wildman–Crippen LogP) is 4.24. The van der Waals surface area contributed by atoms with Crippen LogP contribution in [0.15, 0.2) is 65.7 Å². The molecule has 4 rings (SSSR count). The molecule has 40 heavy (non-hydrogen) atoms. The standard InChI is InChI=1S/C28H31FN4O6S/c1-28(2,3)39-27(35)33-12-10-19(17-33)18-9-11-30-24(16-18)20-13-21(15-22(14-20)38-4)26(34)31-32-40(36,37)25-8-6-5-7-23(25)29/h5-9,11,13-16,19,32H,10,12,17H2,1-4H3,(H,31,34). The molecule has 2 aromatic carbocycles. The summed E-state index contributed by atoms with van der Waals surface area (Å²) < 4.78 is 49.7. The molecule has 1 aliphatic rings. The molecular formula is C28H31FN4O6S. The van der Waals surface area contributed by atoms with Crippen LogP contribution in [0.5, 0.6) is 5.75 Å². The van der Waals surface area contributed by atoms with E-state index in [4.69, 9.17) is 9.47 Å². The molecule has 1 unspecified atom stereocenters. The molecule has 2 heterocycles. The lowest BCUT2D eigenvalue weighted by Gasteiger charge is -2.24. The molecule has 2 amide bonds. The number of hydrogen-bond acceptors (Lipinski definition) is 7. The van der Waals surface area contributed by atoms with Gasteiger partial charge in [-0.05, 0) is 75.2 Å². The molecule has 0 bridgehead atoms. The summed E-state index contributed by atoms with van der Waals surface area (Å²) in [5, 5.41) is 0. The zero-order chi connectivity index (χ0) is 29.1. The summed E-state index contributed by atoms with van der Waals surface area (Å²) in [6.07, 6.45) is 2.07. The van der Waals surface area contributed by atoms with Crippen LogP contribution in [-0.4, -0.2) is 56.1 Å². The van der Waals surface area contributed by atoms with Crippen LogP contribution in [0.3, 0.4) is 0 Å². The predicted molar refractivity (Wildman–Crippen MR) is 146 cm³/mol. The van der Waals surface area contributed by atoms with E-state index in [0.717, 1.165) is 24.1 Å². The fourth-order valence-corrected chi connectivity index (χ4v) is 5.20. The number of carbonyl (C=O) groups excluding carboxylic acids is 2. The molecule has 1 fully saturated rings. The molecule has 1 aliphatic heterocycles. The lowest BCUT2D eigenvalue weighted by Crippen LogP contribution is -2.41. The van der Waals surface area contributed by atoms with E-state index in [1.54, 1.807) is 23.2 Å². The molecule has 0 saturated carbocycles. The number of carbonyl (C=O) groups is 2. The summed E-state index contributed by atoms with van der Waals surface area (Å²) in [6, 6.07) is 13.3. The number of benzene rings is 2. The number of pyridine rings is 1. The number of rotatable bonds is 7. The fraction of sp³-hybridized carbons (Fsp3) is 0.321. The Balaban J connectivity index is 1.52. The van der Waals surface area contributed by atoms with Gasteiger partial charge in [0.15, 0.2) is 0 Å². The van der Waals surface area contributed by atoms with Gasteiger partial charge in [0.1, 0.15) is 22.1 Å². The monoisotopic (exact) mass is 570 g/mol. The lowest BCUT2D eigenvalue weighted by atomic mass is 9.97. The van der Waals surface area contributed by atoms with Crippen molar-refractivity contribution in [3.05, 3.63) is 77.7 Å². The van der Waals surface area contributed by atoms with Gasteiger partial charge in [-0.25, -0.2) is 17.6 Å². The molecule has 212 valence electrons. The van der Waals surface area contributed by atoms with Crippen molar-refractivity contribution in [2.75, 3.05) is 20.2 Å². The Morgan fingerprint density at radius 3 is 2.55 bits per heavy atom. The second kappa shape index (κ2) is 11.6. The van der Waals surface area contributed by atoms with Gasteiger partial charge in [0.25, 0.3) is 15.9 Å². The van der Waals surface area contributed by atoms with E-state index in [1.165, 1.54) is 25.3 Å². The van der Waals surface area contributed by atoms with E-state index in [0.29, 0.717) is 30.1 Å². The average Bonchev–Trinajstić information content (AvgIpc) is 3.42. The minimum absolute atomic E-state index is 0.0791. The van der Waals surface area contributed by atoms with Crippen LogP contribution in [0.1, 0.15) is 49.0 Å². The van der Waals surface area contributed by atoms with Crippen molar-refractivity contribution < 1.29 is 31.9 Å². The molecule has 1 atom stereocenters. The Morgan fingerprint density at radius 1 is 1.10 bits per heavy atom. The summed E-state index contributed by atoms with van der Waals surface area (Å²) in [6.45, 7) is 6.56. The highest BCUT2D eigenvalue weighted by molar-refractivity contribution is 7.89. The Morgan fingerprint density at radius 2 is 1.85 bits per heavy atom. The third-order valence-electron chi connectivity index (χ3n) is 6.22. The minimum atomic E-state index is -4.35. The number of nitrogens with zero attached hydrogens (tertiary/aromatic N) is 2. The van der Waals surface area contributed by atoms with Crippen molar-refractivity contribution in [2.45, 2.75) is 43.6 Å². The largest absolute Gasteiger partial charge is 0.497 e. The smallest absolute Gasteiger partial charge is 0.410 e. The second-order valence-electron chi connectivity index (χ2n) is 10.3. The first-order valence-electron chi connectivity index (χ1n) is 12.6. The number of hydrogen-bond donors (Lipinski definition) is 2. The number of methoxy groups -OCH3 is 1. The molecule has 2 N–H and O–H groups in total. The van der Waals surface area contributed by atoms with Crippen molar-refractivity contribution in [3.8, 4) is 17.0 Å². The Bertz CT molecular complexity index is 1520. The average molecular weight is 571 g/mol. The first kappa shape index (κ1) is 29.0. The van der Waals surface area contributed by atoms with Gasteiger partial charge >= 0.3 is 6.09 Å². The van der Waals surface area contributed by atoms with Crippen LogP contribution in [0.25, 0.3) is 11.3 Å². The third-order valence-corrected chi connectivity index (χ3v) is 7.50. The van der Waals surface area contributed by atoms with Gasteiger partial charge in [-0.3, -0.25) is 15.2 Å². The topological polar surface area (TPSA) is 127 Å². The van der Waals surface area contributed by atoms with Crippen LogP contribution in [0.4, 0.5) is 9.18 Å². The lowest BCUT2D eigenvalue weighted by molar-refractivity contribution is 0.0292. The van der Waals surface area contributed by atoms with Gasteiger partial charge in [-0.15, -0.1) is 4.83 Å². The van der Waals surface area contributed by atoms with Crippen LogP contribution in [-0.2, 0) is 14.8 Å². The van der Waals surface area contributed by atoms with Crippen LogP contribution in [0.2, 0.25) is 0 Å². The maximum Gasteiger partial charge on any atom is 0.410 e. The highest BCUT2D eigenvalue weighted by atomic mass is 32.2. The van der Waals surface area contributed by atoms with E-state index >= 15 is 0 Å². The molecular weight excluding hydrogens is 539 g/mol. The summed E-state index contributed by atoms with van der Waals surface area (Å²) in [5.41, 5.74) is 3.73. The Hall–Kier alpha value is -4.03. The van der Waals surface area contributed by atoms with Crippen molar-refractivity contribution in [1.29, 1.82) is 0 Å². The van der Waals surface area contributed by atoms with Crippen LogP contribution >= 0.6 is 0 Å². The number of nitrogens with one attached hydrogen (secondary N) is 2. The molecule has 1 saturated heterocycles. The Labute approximate surface area is 232 Å². The Kier molecular flexibility index (Phi) is 8.40. The third kappa shape index (κ3) is 6.93. The quantitative estimate of drug-likeness (QED) is 0.407. The number of aromatic nitrogens is 1. The van der Waals surface area contributed by atoms with E-state index < -0.39 is 32.2 Å². The van der Waals surface area contributed by atoms with E-state index in [1.807, 2.05) is 37.7 Å². The molecule has 0 radical (unpaired) electrons. The zero-order valence-corrected chi connectivity index (χ0v) is 23.4. The number of sulfonamides is 1. The van der Waals surface area contributed by atoms with E-state index in [9.17, 15) is 22.4 Å². The first-order valence-corrected chi connectivity index (χ1v) is 14.0. The number of hydrazine groups is 1. The highest BCUT2D eigenvalue weighted by Gasteiger charge is 2.31. The summed E-state index contributed by atoms with van der Waals surface area (Å²) in [5.74, 6) is -1.30. The summed E-state index contributed by atoms with van der Waals surface area (Å²) >= 11 is 0. The minimum Gasteiger partial charge on any atom is -0.497 e. The summed E-state index contributed by atoms with van der Waals surface area (Å²) in [4.78, 5) is 32.8. The van der Waals surface area contributed by atoms with E-state index in [2.05, 4.69) is 10.4 Å². The number of amides is 2. The molecule has 12 heteroatoms. The van der Waals surface area contributed by atoms with Crippen LogP contribution in [0, 0.1) is 5.82 Å². The van der Waals surface area contributed by atoms with Gasteiger partial charge in [0.05, 0.1) is 12.8 Å². The normalized spacial score (nSPS) is 15.5. The number of ether oxygens (including phenoxy) is 2. The zero-order valence-electron chi connectivity index (χ0n) is 22.6. The molecule has 0 aliphatic carbocycles. The van der Waals surface area contributed by atoms with Gasteiger partial charge in [0, 0.05) is 36.3 Å². The fourth-order valence-electron chi connectivity index (χ4n) is 4.28. The maximum atomic E-state index is 14.0. The molecule has 10 nitrogen and oxygen atoms in total. The highest BCUT2D eigenvalue weighted by Crippen LogP contribution is 2.31. The van der Waals surface area contributed by atoms with Crippen LogP contribution < -0.4 is 15.0 Å². The SMILES string of the molecule is COc1cc(C(=O)NNS(=O)(=O)c2ccccc2F)cc(-c2cc(C3CCN(C(=O)OC(C)(C)C)C3)ccn2)c1. The molecule has 1 aromatic heterocycles. The summed E-state index contributed by atoms with van der Waals surface area (Å²) in [7, 11) is -2.91. The van der Waals surface area contributed by atoms with Gasteiger partial charge < -0.3 is 14.4 Å². The van der Waals surface area contributed by atoms with Crippen molar-refractivity contribution in [3.63, 3.8) is 0 Å². The van der Waals surface area contributed by atoms with E-state index in [-0.39, 0.29) is 17.6 Å². The number of halogens is 1. The second-order valence-corrected chi connectivity index (χ2v) is 12.0. The molecule has 0 spiro atoms.